The molecule has 1 amide bonds. The van der Waals surface area contributed by atoms with Crippen molar-refractivity contribution in [2.24, 2.45) is 0 Å². The van der Waals surface area contributed by atoms with Gasteiger partial charge in [0, 0.05) is 12.1 Å². The number of thioether (sulfide) groups is 1. The monoisotopic (exact) mass is 383 g/mol. The topological polar surface area (TPSA) is 67.0 Å². The number of hydrogen-bond acceptors (Lipinski definition) is 4. The summed E-state index contributed by atoms with van der Waals surface area (Å²) >= 11 is 1.43. The van der Waals surface area contributed by atoms with Crippen LogP contribution in [0.3, 0.4) is 0 Å². The first kappa shape index (κ1) is 19.3. The normalized spacial score (nSPS) is 13.3. The van der Waals surface area contributed by atoms with Gasteiger partial charge in [0.1, 0.15) is 5.75 Å². The van der Waals surface area contributed by atoms with E-state index in [4.69, 9.17) is 4.74 Å². The van der Waals surface area contributed by atoms with Gasteiger partial charge in [-0.15, -0.1) is 0 Å². The molecule has 0 spiro atoms. The predicted molar refractivity (Wildman–Crippen MR) is 110 cm³/mol. The van der Waals surface area contributed by atoms with E-state index in [1.807, 2.05) is 50.2 Å². The van der Waals surface area contributed by atoms with Crippen LogP contribution in [0.1, 0.15) is 25.8 Å². The van der Waals surface area contributed by atoms with Gasteiger partial charge in [0.05, 0.1) is 23.4 Å². The number of fused-ring (bicyclic) bond motifs is 1. The van der Waals surface area contributed by atoms with E-state index in [1.54, 1.807) is 7.11 Å². The summed E-state index contributed by atoms with van der Waals surface area (Å²) in [5.41, 5.74) is 3.06. The van der Waals surface area contributed by atoms with E-state index in [2.05, 4.69) is 27.4 Å². The molecule has 0 bridgehead atoms. The van der Waals surface area contributed by atoms with E-state index in [9.17, 15) is 4.79 Å². The minimum absolute atomic E-state index is 0.0265. The summed E-state index contributed by atoms with van der Waals surface area (Å²) in [6, 6.07) is 16.1. The maximum Gasteiger partial charge on any atom is 0.233 e. The molecule has 0 saturated carbocycles. The van der Waals surface area contributed by atoms with Crippen LogP contribution in [0.2, 0.25) is 0 Å². The highest BCUT2D eigenvalue weighted by molar-refractivity contribution is 8.00. The van der Waals surface area contributed by atoms with E-state index in [0.717, 1.165) is 34.8 Å². The first-order valence-electron chi connectivity index (χ1n) is 9.10. The predicted octanol–water partition coefficient (Wildman–Crippen LogP) is 4.19. The number of nitrogens with zero attached hydrogens (tertiary/aromatic N) is 1. The molecule has 1 heterocycles. The molecule has 0 fully saturated rings. The van der Waals surface area contributed by atoms with Crippen molar-refractivity contribution in [1.29, 1.82) is 0 Å². The molecule has 2 unspecified atom stereocenters. The maximum absolute atomic E-state index is 12.5. The third-order valence-electron chi connectivity index (χ3n) is 4.42. The number of carbonyl (C=O) groups is 1. The molecule has 0 radical (unpaired) electrons. The number of ether oxygens (including phenoxy) is 1. The van der Waals surface area contributed by atoms with Crippen molar-refractivity contribution >= 4 is 28.7 Å². The lowest BCUT2D eigenvalue weighted by Crippen LogP contribution is -2.37. The minimum Gasteiger partial charge on any atom is -0.497 e. The van der Waals surface area contributed by atoms with Crippen LogP contribution in [0.5, 0.6) is 5.75 Å². The molecule has 27 heavy (non-hydrogen) atoms. The summed E-state index contributed by atoms with van der Waals surface area (Å²) in [5, 5.41) is 3.60. The molecule has 3 aromatic rings. The maximum atomic E-state index is 12.5. The van der Waals surface area contributed by atoms with Crippen LogP contribution < -0.4 is 10.1 Å². The highest BCUT2D eigenvalue weighted by Crippen LogP contribution is 2.25. The Morgan fingerprint density at radius 1 is 1.22 bits per heavy atom. The number of methoxy groups -OCH3 is 1. The lowest BCUT2D eigenvalue weighted by Gasteiger charge is -2.16. The summed E-state index contributed by atoms with van der Waals surface area (Å²) in [6.45, 7) is 3.95. The van der Waals surface area contributed by atoms with Gasteiger partial charge in [-0.2, -0.15) is 0 Å². The number of hydrogen-bond donors (Lipinski definition) is 2. The van der Waals surface area contributed by atoms with Gasteiger partial charge >= 0.3 is 0 Å². The van der Waals surface area contributed by atoms with Crippen LogP contribution in [0.15, 0.2) is 53.7 Å². The van der Waals surface area contributed by atoms with Crippen molar-refractivity contribution in [3.63, 3.8) is 0 Å². The van der Waals surface area contributed by atoms with Gasteiger partial charge in [0.2, 0.25) is 5.91 Å². The van der Waals surface area contributed by atoms with Crippen LogP contribution in [-0.4, -0.2) is 34.3 Å². The van der Waals surface area contributed by atoms with Crippen molar-refractivity contribution in [1.82, 2.24) is 15.3 Å². The molecule has 142 valence electrons. The fourth-order valence-electron chi connectivity index (χ4n) is 2.83. The molecular formula is C21H25N3O2S. The van der Waals surface area contributed by atoms with E-state index < -0.39 is 0 Å². The Balaban J connectivity index is 1.52. The van der Waals surface area contributed by atoms with Gasteiger partial charge in [0.15, 0.2) is 5.16 Å². The molecule has 6 heteroatoms. The first-order chi connectivity index (χ1) is 13.0. The highest BCUT2D eigenvalue weighted by atomic mass is 32.2. The van der Waals surface area contributed by atoms with Gasteiger partial charge in [-0.3, -0.25) is 4.79 Å². The largest absolute Gasteiger partial charge is 0.497 e. The number of carbonyl (C=O) groups excluding carboxylic acids is 1. The Labute approximate surface area is 163 Å². The SMILES string of the molecule is COc1ccc2nc(SC(C)C(=O)NC(C)CCc3ccccc3)[nH]c2c1. The minimum atomic E-state index is -0.230. The lowest BCUT2D eigenvalue weighted by molar-refractivity contribution is -0.120. The smallest absolute Gasteiger partial charge is 0.233 e. The zero-order valence-electron chi connectivity index (χ0n) is 15.9. The zero-order valence-corrected chi connectivity index (χ0v) is 16.7. The number of benzene rings is 2. The molecule has 2 N–H and O–H groups in total. The fourth-order valence-corrected chi connectivity index (χ4v) is 3.66. The molecule has 0 saturated heterocycles. The molecule has 2 aromatic carbocycles. The Hall–Kier alpha value is -2.47. The number of nitrogens with one attached hydrogen (secondary N) is 2. The van der Waals surface area contributed by atoms with Gasteiger partial charge in [-0.05, 0) is 44.4 Å². The Kier molecular flexibility index (Phi) is 6.40. The van der Waals surface area contributed by atoms with Gasteiger partial charge in [0.25, 0.3) is 0 Å². The third kappa shape index (κ3) is 5.26. The second kappa shape index (κ2) is 8.95. The quantitative estimate of drug-likeness (QED) is 0.573. The summed E-state index contributed by atoms with van der Waals surface area (Å²) in [5.74, 6) is 0.805. The first-order valence-corrected chi connectivity index (χ1v) is 9.98. The molecule has 0 aliphatic rings. The van der Waals surface area contributed by atoms with Crippen molar-refractivity contribution in [3.8, 4) is 5.75 Å². The molecule has 0 aliphatic heterocycles. The Bertz CT molecular complexity index is 895. The molecule has 2 atom stereocenters. The average Bonchev–Trinajstić information content (AvgIpc) is 3.08. The van der Waals surface area contributed by atoms with E-state index >= 15 is 0 Å². The van der Waals surface area contributed by atoms with Crippen LogP contribution in [0.25, 0.3) is 11.0 Å². The number of aromatic amines is 1. The van der Waals surface area contributed by atoms with Crippen molar-refractivity contribution in [2.45, 2.75) is 43.1 Å². The molecule has 1 aromatic heterocycles. The van der Waals surface area contributed by atoms with E-state index in [-0.39, 0.29) is 17.2 Å². The summed E-state index contributed by atoms with van der Waals surface area (Å²) in [6.07, 6.45) is 1.87. The number of H-pyrrole nitrogens is 1. The van der Waals surface area contributed by atoms with E-state index in [0.29, 0.717) is 0 Å². The summed E-state index contributed by atoms with van der Waals surface area (Å²) < 4.78 is 5.23. The van der Waals surface area contributed by atoms with E-state index in [1.165, 1.54) is 17.3 Å². The van der Waals surface area contributed by atoms with Crippen molar-refractivity contribution < 1.29 is 9.53 Å². The standard InChI is InChI=1S/C21H25N3O2S/c1-14(9-10-16-7-5-4-6-8-16)22-20(25)15(2)27-21-23-18-12-11-17(26-3)13-19(18)24-21/h4-8,11-15H,9-10H2,1-3H3,(H,22,25)(H,23,24). The number of imidazole rings is 1. The van der Waals surface area contributed by atoms with Gasteiger partial charge in [-0.25, -0.2) is 4.98 Å². The van der Waals surface area contributed by atoms with Crippen molar-refractivity contribution in [2.75, 3.05) is 7.11 Å². The van der Waals surface area contributed by atoms with Crippen LogP contribution >= 0.6 is 11.8 Å². The second-order valence-corrected chi connectivity index (χ2v) is 7.95. The van der Waals surface area contributed by atoms with Gasteiger partial charge in [-0.1, -0.05) is 42.1 Å². The number of rotatable bonds is 8. The summed E-state index contributed by atoms with van der Waals surface area (Å²) in [4.78, 5) is 20.3. The Morgan fingerprint density at radius 3 is 2.74 bits per heavy atom. The van der Waals surface area contributed by atoms with Crippen LogP contribution in [-0.2, 0) is 11.2 Å². The number of amides is 1. The second-order valence-electron chi connectivity index (χ2n) is 6.62. The number of aryl methyl sites for hydroxylation is 1. The average molecular weight is 384 g/mol. The molecule has 0 aliphatic carbocycles. The summed E-state index contributed by atoms with van der Waals surface area (Å²) in [7, 11) is 1.64. The third-order valence-corrected chi connectivity index (χ3v) is 5.41. The van der Waals surface area contributed by atoms with Crippen LogP contribution in [0.4, 0.5) is 0 Å². The van der Waals surface area contributed by atoms with Crippen LogP contribution in [0, 0.1) is 0 Å². The number of aromatic nitrogens is 2. The molecule has 5 nitrogen and oxygen atoms in total. The Morgan fingerprint density at radius 2 is 2.00 bits per heavy atom. The zero-order chi connectivity index (χ0) is 19.2. The molecular weight excluding hydrogens is 358 g/mol. The van der Waals surface area contributed by atoms with Crippen molar-refractivity contribution in [3.05, 3.63) is 54.1 Å². The lowest BCUT2D eigenvalue weighted by atomic mass is 10.1. The highest BCUT2D eigenvalue weighted by Gasteiger charge is 2.18. The molecule has 3 rings (SSSR count). The fraction of sp³-hybridized carbons (Fsp3) is 0.333. The van der Waals surface area contributed by atoms with Gasteiger partial charge < -0.3 is 15.0 Å².